The van der Waals surface area contributed by atoms with Crippen LogP contribution in [0.2, 0.25) is 0 Å². The Bertz CT molecular complexity index is 387. The molecule has 0 radical (unpaired) electrons. The van der Waals surface area contributed by atoms with Crippen LogP contribution in [0.4, 0.5) is 10.1 Å². The number of rotatable bonds is 3. The molecule has 0 heterocycles. The molecule has 1 aromatic rings. The lowest BCUT2D eigenvalue weighted by molar-refractivity contribution is -0.123. The van der Waals surface area contributed by atoms with Gasteiger partial charge >= 0.3 is 0 Å². The van der Waals surface area contributed by atoms with Gasteiger partial charge in [0, 0.05) is 11.0 Å². The van der Waals surface area contributed by atoms with Gasteiger partial charge in [-0.1, -0.05) is 6.07 Å². The van der Waals surface area contributed by atoms with Crippen molar-refractivity contribution in [3.8, 4) is 0 Å². The molecule has 0 aliphatic carbocycles. The molecule has 1 aromatic carbocycles. The highest BCUT2D eigenvalue weighted by molar-refractivity contribution is 9.10. The maximum Gasteiger partial charge on any atom is 0.231 e. The Morgan fingerprint density at radius 3 is 2.69 bits per heavy atom. The molecule has 3 N–H and O–H groups in total. The molecule has 0 atom stereocenters. The summed E-state index contributed by atoms with van der Waals surface area (Å²) in [4.78, 5) is 11.8. The van der Waals surface area contributed by atoms with Crippen LogP contribution in [0, 0.1) is 11.2 Å². The van der Waals surface area contributed by atoms with Crippen molar-refractivity contribution in [2.75, 3.05) is 11.9 Å². The van der Waals surface area contributed by atoms with E-state index in [0.717, 1.165) is 0 Å². The van der Waals surface area contributed by atoms with E-state index in [0.29, 0.717) is 4.47 Å². The monoisotopic (exact) mass is 288 g/mol. The third-order valence-corrected chi connectivity index (χ3v) is 2.99. The van der Waals surface area contributed by atoms with Gasteiger partial charge in [0.25, 0.3) is 0 Å². The van der Waals surface area contributed by atoms with Crippen molar-refractivity contribution in [2.24, 2.45) is 11.1 Å². The molecule has 0 fully saturated rings. The van der Waals surface area contributed by atoms with Gasteiger partial charge in [-0.05, 0) is 41.9 Å². The van der Waals surface area contributed by atoms with E-state index in [4.69, 9.17) is 5.73 Å². The number of hydrogen-bond acceptors (Lipinski definition) is 2. The smallest absolute Gasteiger partial charge is 0.231 e. The van der Waals surface area contributed by atoms with Crippen LogP contribution in [-0.2, 0) is 4.79 Å². The number of amides is 1. The molecule has 0 unspecified atom stereocenters. The number of nitrogens with one attached hydrogen (secondary N) is 1. The molecule has 1 rings (SSSR count). The van der Waals surface area contributed by atoms with Crippen LogP contribution in [0.3, 0.4) is 0 Å². The minimum atomic E-state index is -0.721. The Labute approximate surface area is 102 Å². The van der Waals surface area contributed by atoms with Gasteiger partial charge in [0.15, 0.2) is 0 Å². The van der Waals surface area contributed by atoms with Crippen molar-refractivity contribution in [3.63, 3.8) is 0 Å². The number of benzene rings is 1. The zero-order chi connectivity index (χ0) is 12.3. The maximum atomic E-state index is 13.4. The van der Waals surface area contributed by atoms with Gasteiger partial charge in [-0.2, -0.15) is 0 Å². The molecule has 5 heteroatoms. The number of nitrogens with two attached hydrogens (primary N) is 1. The summed E-state index contributed by atoms with van der Waals surface area (Å²) in [6.45, 7) is 3.61. The Balaban J connectivity index is 2.94. The molecule has 88 valence electrons. The first kappa shape index (κ1) is 13.1. The Morgan fingerprint density at radius 1 is 1.56 bits per heavy atom. The van der Waals surface area contributed by atoms with Crippen LogP contribution in [-0.4, -0.2) is 12.5 Å². The van der Waals surface area contributed by atoms with E-state index in [9.17, 15) is 9.18 Å². The first-order valence-corrected chi connectivity index (χ1v) is 5.63. The van der Waals surface area contributed by atoms with Gasteiger partial charge in [0.1, 0.15) is 5.82 Å². The predicted octanol–water partition coefficient (Wildman–Crippen LogP) is 2.51. The molecule has 0 saturated carbocycles. The Morgan fingerprint density at radius 2 is 2.19 bits per heavy atom. The summed E-state index contributed by atoms with van der Waals surface area (Å²) in [6, 6.07) is 4.51. The fourth-order valence-corrected chi connectivity index (χ4v) is 1.43. The highest BCUT2D eigenvalue weighted by Crippen LogP contribution is 2.27. The van der Waals surface area contributed by atoms with E-state index < -0.39 is 11.2 Å². The number of halogens is 2. The fourth-order valence-electron chi connectivity index (χ4n) is 0.993. The largest absolute Gasteiger partial charge is 0.329 e. The van der Waals surface area contributed by atoms with Crippen molar-refractivity contribution >= 4 is 27.5 Å². The average Bonchev–Trinajstić information content (AvgIpc) is 2.23. The van der Waals surface area contributed by atoms with Crippen LogP contribution >= 0.6 is 15.9 Å². The van der Waals surface area contributed by atoms with Crippen molar-refractivity contribution in [2.45, 2.75) is 13.8 Å². The maximum absolute atomic E-state index is 13.4. The fraction of sp³-hybridized carbons (Fsp3) is 0.364. The highest BCUT2D eigenvalue weighted by atomic mass is 79.9. The van der Waals surface area contributed by atoms with E-state index >= 15 is 0 Å². The van der Waals surface area contributed by atoms with Crippen molar-refractivity contribution in [3.05, 3.63) is 28.5 Å². The molecule has 3 nitrogen and oxygen atoms in total. The molecule has 0 aromatic heterocycles. The summed E-state index contributed by atoms with van der Waals surface area (Å²) in [5, 5.41) is 2.53. The van der Waals surface area contributed by atoms with Crippen molar-refractivity contribution < 1.29 is 9.18 Å². The van der Waals surface area contributed by atoms with Crippen molar-refractivity contribution in [1.29, 1.82) is 0 Å². The number of para-hydroxylation sites is 1. The molecule has 16 heavy (non-hydrogen) atoms. The molecular weight excluding hydrogens is 275 g/mol. The molecule has 0 aliphatic rings. The van der Waals surface area contributed by atoms with E-state index in [1.165, 1.54) is 6.07 Å². The summed E-state index contributed by atoms with van der Waals surface area (Å²) in [6.07, 6.45) is 0. The lowest BCUT2D eigenvalue weighted by atomic mass is 9.92. The third kappa shape index (κ3) is 2.80. The lowest BCUT2D eigenvalue weighted by Crippen LogP contribution is -2.37. The zero-order valence-corrected chi connectivity index (χ0v) is 10.8. The second-order valence-electron chi connectivity index (χ2n) is 4.14. The van der Waals surface area contributed by atoms with Crippen LogP contribution in [0.1, 0.15) is 13.8 Å². The van der Waals surface area contributed by atoms with Crippen molar-refractivity contribution in [1.82, 2.24) is 0 Å². The number of anilines is 1. The molecule has 0 spiro atoms. The quantitative estimate of drug-likeness (QED) is 0.898. The van der Waals surface area contributed by atoms with Crippen LogP contribution in [0.5, 0.6) is 0 Å². The highest BCUT2D eigenvalue weighted by Gasteiger charge is 2.26. The summed E-state index contributed by atoms with van der Waals surface area (Å²) in [5.74, 6) is -0.781. The average molecular weight is 289 g/mol. The first-order valence-electron chi connectivity index (χ1n) is 4.84. The molecule has 1 amide bonds. The molecular formula is C11H14BrFN2O. The number of carbonyl (C=O) groups excluding carboxylic acids is 1. The lowest BCUT2D eigenvalue weighted by Gasteiger charge is -2.21. The van der Waals surface area contributed by atoms with E-state index in [2.05, 4.69) is 21.2 Å². The topological polar surface area (TPSA) is 55.1 Å². The normalized spacial score (nSPS) is 11.3. The molecule has 0 saturated heterocycles. The van der Waals surface area contributed by atoms with E-state index in [1.807, 2.05) is 0 Å². The molecule has 0 aliphatic heterocycles. The summed E-state index contributed by atoms with van der Waals surface area (Å²) < 4.78 is 13.9. The standard InChI is InChI=1S/C11H14BrFN2O/c1-11(2,6-14)10(16)15-9-7(12)4-3-5-8(9)13/h3-5H,6,14H2,1-2H3,(H,15,16). The van der Waals surface area contributed by atoms with Crippen LogP contribution in [0.25, 0.3) is 0 Å². The molecule has 0 bridgehead atoms. The second-order valence-corrected chi connectivity index (χ2v) is 4.99. The number of carbonyl (C=O) groups is 1. The van der Waals surface area contributed by atoms with Crippen LogP contribution < -0.4 is 11.1 Å². The number of hydrogen-bond donors (Lipinski definition) is 2. The SMILES string of the molecule is CC(C)(CN)C(=O)Nc1c(F)cccc1Br. The van der Waals surface area contributed by atoms with E-state index in [1.54, 1.807) is 26.0 Å². The Kier molecular flexibility index (Phi) is 4.04. The van der Waals surface area contributed by atoms with E-state index in [-0.39, 0.29) is 18.1 Å². The summed E-state index contributed by atoms with van der Waals surface area (Å²) in [7, 11) is 0. The summed E-state index contributed by atoms with van der Waals surface area (Å²) in [5.41, 5.74) is 4.90. The van der Waals surface area contributed by atoms with Gasteiger partial charge in [0.2, 0.25) is 5.91 Å². The van der Waals surface area contributed by atoms with Gasteiger partial charge < -0.3 is 11.1 Å². The summed E-state index contributed by atoms with van der Waals surface area (Å²) >= 11 is 3.18. The van der Waals surface area contributed by atoms with Gasteiger partial charge in [-0.15, -0.1) is 0 Å². The second kappa shape index (κ2) is 4.93. The van der Waals surface area contributed by atoms with Gasteiger partial charge in [0.05, 0.1) is 11.1 Å². The van der Waals surface area contributed by atoms with Gasteiger partial charge in [-0.25, -0.2) is 4.39 Å². The van der Waals surface area contributed by atoms with Gasteiger partial charge in [-0.3, -0.25) is 4.79 Å². The minimum Gasteiger partial charge on any atom is -0.329 e. The first-order chi connectivity index (χ1) is 7.38. The minimum absolute atomic E-state index is 0.147. The zero-order valence-electron chi connectivity index (χ0n) is 9.18. The predicted molar refractivity (Wildman–Crippen MR) is 65.6 cm³/mol. The van der Waals surface area contributed by atoms with Crippen LogP contribution in [0.15, 0.2) is 22.7 Å². The third-order valence-electron chi connectivity index (χ3n) is 2.33. The Hall–Kier alpha value is -0.940.